The van der Waals surface area contributed by atoms with Crippen LogP contribution >= 0.6 is 0 Å². The second-order valence-corrected chi connectivity index (χ2v) is 5.43. The van der Waals surface area contributed by atoms with E-state index in [1.165, 1.54) is 16.7 Å². The number of ether oxygens (including phenoxy) is 1. The Hall–Kier alpha value is -2.54. The molecule has 0 saturated carbocycles. The van der Waals surface area contributed by atoms with Gasteiger partial charge in [-0.25, -0.2) is 0 Å². The Morgan fingerprint density at radius 1 is 0.682 bits per heavy atom. The molecule has 1 heteroatoms. The SMILES string of the molecule is COc1ccc(CC(c2ccccc2)c2ccccc2)cc1. The highest BCUT2D eigenvalue weighted by atomic mass is 16.5. The van der Waals surface area contributed by atoms with Crippen LogP contribution < -0.4 is 4.74 Å². The second kappa shape index (κ2) is 6.95. The maximum atomic E-state index is 5.24. The van der Waals surface area contributed by atoms with E-state index >= 15 is 0 Å². The fourth-order valence-electron chi connectivity index (χ4n) is 2.80. The van der Waals surface area contributed by atoms with Gasteiger partial charge in [-0.2, -0.15) is 0 Å². The summed E-state index contributed by atoms with van der Waals surface area (Å²) in [6.45, 7) is 0. The average Bonchev–Trinajstić information content (AvgIpc) is 2.62. The summed E-state index contributed by atoms with van der Waals surface area (Å²) in [5.41, 5.74) is 4.02. The maximum Gasteiger partial charge on any atom is 0.118 e. The average molecular weight is 288 g/mol. The van der Waals surface area contributed by atoms with Crippen LogP contribution in [0.5, 0.6) is 5.75 Å². The summed E-state index contributed by atoms with van der Waals surface area (Å²) >= 11 is 0. The number of methoxy groups -OCH3 is 1. The second-order valence-electron chi connectivity index (χ2n) is 5.43. The first-order valence-electron chi connectivity index (χ1n) is 7.59. The Labute approximate surface area is 132 Å². The van der Waals surface area contributed by atoms with Crippen LogP contribution in [-0.4, -0.2) is 7.11 Å². The van der Waals surface area contributed by atoms with Crippen molar-refractivity contribution in [3.05, 3.63) is 102 Å². The minimum Gasteiger partial charge on any atom is -0.497 e. The standard InChI is InChI=1S/C21H20O/c1-22-20-14-12-17(13-15-20)16-21(18-8-4-2-5-9-18)19-10-6-3-7-11-19/h2-15,21H,16H2,1H3. The minimum absolute atomic E-state index is 0.371. The lowest BCUT2D eigenvalue weighted by molar-refractivity contribution is 0.414. The summed E-state index contributed by atoms with van der Waals surface area (Å²) in [5.74, 6) is 1.27. The van der Waals surface area contributed by atoms with Crippen molar-refractivity contribution in [2.45, 2.75) is 12.3 Å². The lowest BCUT2D eigenvalue weighted by Gasteiger charge is -2.18. The molecule has 0 unspecified atom stereocenters. The van der Waals surface area contributed by atoms with Crippen molar-refractivity contribution in [3.8, 4) is 5.75 Å². The van der Waals surface area contributed by atoms with Crippen LogP contribution in [-0.2, 0) is 6.42 Å². The highest BCUT2D eigenvalue weighted by Gasteiger charge is 2.14. The third-order valence-electron chi connectivity index (χ3n) is 4.00. The third-order valence-corrected chi connectivity index (χ3v) is 4.00. The van der Waals surface area contributed by atoms with Crippen molar-refractivity contribution in [2.24, 2.45) is 0 Å². The van der Waals surface area contributed by atoms with Crippen molar-refractivity contribution < 1.29 is 4.74 Å². The van der Waals surface area contributed by atoms with Crippen LogP contribution in [0, 0.1) is 0 Å². The van der Waals surface area contributed by atoms with E-state index in [1.807, 2.05) is 12.1 Å². The zero-order chi connectivity index (χ0) is 15.2. The van der Waals surface area contributed by atoms with E-state index in [-0.39, 0.29) is 0 Å². The highest BCUT2D eigenvalue weighted by molar-refractivity contribution is 5.36. The molecule has 0 fully saturated rings. The molecule has 0 saturated heterocycles. The van der Waals surface area contributed by atoms with Gasteiger partial charge < -0.3 is 4.74 Å². The molecule has 0 aliphatic rings. The molecule has 22 heavy (non-hydrogen) atoms. The highest BCUT2D eigenvalue weighted by Crippen LogP contribution is 2.28. The van der Waals surface area contributed by atoms with Gasteiger partial charge in [0.2, 0.25) is 0 Å². The molecule has 3 aromatic carbocycles. The molecule has 0 aliphatic carbocycles. The molecule has 0 amide bonds. The van der Waals surface area contributed by atoms with Crippen LogP contribution in [0.1, 0.15) is 22.6 Å². The first-order chi connectivity index (χ1) is 10.9. The van der Waals surface area contributed by atoms with Crippen LogP contribution in [0.4, 0.5) is 0 Å². The fraction of sp³-hybridized carbons (Fsp3) is 0.143. The largest absolute Gasteiger partial charge is 0.497 e. The molecule has 3 aromatic rings. The molecule has 0 spiro atoms. The van der Waals surface area contributed by atoms with Gasteiger partial charge >= 0.3 is 0 Å². The van der Waals surface area contributed by atoms with E-state index in [9.17, 15) is 0 Å². The van der Waals surface area contributed by atoms with Gasteiger partial charge in [-0.3, -0.25) is 0 Å². The van der Waals surface area contributed by atoms with Gasteiger partial charge in [-0.15, -0.1) is 0 Å². The Morgan fingerprint density at radius 3 is 1.64 bits per heavy atom. The van der Waals surface area contributed by atoms with Crippen molar-refractivity contribution in [1.82, 2.24) is 0 Å². The van der Waals surface area contributed by atoms with Gasteiger partial charge in [-0.05, 0) is 35.2 Å². The number of rotatable bonds is 5. The van der Waals surface area contributed by atoms with Crippen molar-refractivity contribution >= 4 is 0 Å². The Kier molecular flexibility index (Phi) is 4.55. The van der Waals surface area contributed by atoms with Crippen LogP contribution in [0.2, 0.25) is 0 Å². The Balaban J connectivity index is 1.91. The molecule has 0 N–H and O–H groups in total. The van der Waals surface area contributed by atoms with E-state index < -0.39 is 0 Å². The molecule has 0 aliphatic heterocycles. The van der Waals surface area contributed by atoms with Gasteiger partial charge in [0.15, 0.2) is 0 Å². The van der Waals surface area contributed by atoms with Gasteiger partial charge in [0.05, 0.1) is 7.11 Å². The maximum absolute atomic E-state index is 5.24. The van der Waals surface area contributed by atoms with Gasteiger partial charge in [0.25, 0.3) is 0 Å². The van der Waals surface area contributed by atoms with E-state index in [0.29, 0.717) is 5.92 Å². The zero-order valence-electron chi connectivity index (χ0n) is 12.8. The third kappa shape index (κ3) is 3.37. The van der Waals surface area contributed by atoms with E-state index in [2.05, 4.69) is 72.8 Å². The smallest absolute Gasteiger partial charge is 0.118 e. The molecule has 0 atom stereocenters. The monoisotopic (exact) mass is 288 g/mol. The summed E-state index contributed by atoms with van der Waals surface area (Å²) < 4.78 is 5.24. The molecule has 0 bridgehead atoms. The summed E-state index contributed by atoms with van der Waals surface area (Å²) in [7, 11) is 1.70. The molecule has 0 heterocycles. The van der Waals surface area contributed by atoms with Crippen LogP contribution in [0.15, 0.2) is 84.9 Å². The van der Waals surface area contributed by atoms with E-state index in [0.717, 1.165) is 12.2 Å². The molecule has 0 radical (unpaired) electrons. The minimum atomic E-state index is 0.371. The predicted octanol–water partition coefficient (Wildman–Crippen LogP) is 5.07. The number of benzene rings is 3. The number of hydrogen-bond donors (Lipinski definition) is 0. The van der Waals surface area contributed by atoms with Gasteiger partial charge in [0.1, 0.15) is 5.75 Å². The van der Waals surface area contributed by atoms with Gasteiger partial charge in [-0.1, -0.05) is 72.8 Å². The lowest BCUT2D eigenvalue weighted by Crippen LogP contribution is -2.05. The van der Waals surface area contributed by atoms with E-state index in [1.54, 1.807) is 7.11 Å². The lowest BCUT2D eigenvalue weighted by atomic mass is 9.86. The molecule has 110 valence electrons. The summed E-state index contributed by atoms with van der Waals surface area (Å²) in [6, 6.07) is 29.8. The molecule has 0 aromatic heterocycles. The Bertz CT molecular complexity index is 647. The van der Waals surface area contributed by atoms with Crippen LogP contribution in [0.25, 0.3) is 0 Å². The molecule has 3 rings (SSSR count). The quantitative estimate of drug-likeness (QED) is 0.637. The molecular weight excluding hydrogens is 268 g/mol. The topological polar surface area (TPSA) is 9.23 Å². The van der Waals surface area contributed by atoms with Crippen molar-refractivity contribution in [1.29, 1.82) is 0 Å². The summed E-state index contributed by atoms with van der Waals surface area (Å²) in [5, 5.41) is 0. The fourth-order valence-corrected chi connectivity index (χ4v) is 2.80. The molecular formula is C21H20O. The van der Waals surface area contributed by atoms with Crippen LogP contribution in [0.3, 0.4) is 0 Å². The Morgan fingerprint density at radius 2 is 1.18 bits per heavy atom. The first-order valence-corrected chi connectivity index (χ1v) is 7.59. The van der Waals surface area contributed by atoms with Crippen molar-refractivity contribution in [3.63, 3.8) is 0 Å². The molecule has 1 nitrogen and oxygen atoms in total. The summed E-state index contributed by atoms with van der Waals surface area (Å²) in [4.78, 5) is 0. The number of hydrogen-bond acceptors (Lipinski definition) is 1. The normalized spacial score (nSPS) is 10.6. The van der Waals surface area contributed by atoms with Crippen molar-refractivity contribution in [2.75, 3.05) is 7.11 Å². The summed E-state index contributed by atoms with van der Waals surface area (Å²) in [6.07, 6.45) is 0.984. The van der Waals surface area contributed by atoms with E-state index in [4.69, 9.17) is 4.74 Å². The van der Waals surface area contributed by atoms with Gasteiger partial charge in [0, 0.05) is 5.92 Å². The predicted molar refractivity (Wildman–Crippen MR) is 91.4 cm³/mol. The zero-order valence-corrected chi connectivity index (χ0v) is 12.8. The first kappa shape index (κ1) is 14.4.